The largest absolute Gasteiger partial charge is 0.507 e. The number of rotatable bonds is 8. The fraction of sp³-hybridized carbons (Fsp3) is 0.222. The Bertz CT molecular complexity index is 1240. The second-order valence-corrected chi connectivity index (χ2v) is 8.90. The van der Waals surface area contributed by atoms with Crippen LogP contribution >= 0.6 is 11.3 Å². The van der Waals surface area contributed by atoms with Gasteiger partial charge in [0.25, 0.3) is 11.7 Å². The highest BCUT2D eigenvalue weighted by atomic mass is 32.1. The molecule has 34 heavy (non-hydrogen) atoms. The number of nitriles is 1. The molecule has 6 nitrogen and oxygen atoms in total. The molecule has 3 aromatic rings. The molecule has 1 fully saturated rings. The molecule has 0 spiro atoms. The van der Waals surface area contributed by atoms with E-state index in [1.54, 1.807) is 48.5 Å². The molecule has 1 aliphatic rings. The Kier molecular flexibility index (Phi) is 7.09. The first kappa shape index (κ1) is 23.3. The molecule has 172 valence electrons. The predicted octanol–water partition coefficient (Wildman–Crippen LogP) is 5.82. The maximum absolute atomic E-state index is 13.1. The third-order valence-electron chi connectivity index (χ3n) is 5.68. The number of benzene rings is 2. The number of thiophene rings is 1. The summed E-state index contributed by atoms with van der Waals surface area (Å²) in [6.07, 6.45) is 3.18. The first-order valence-corrected chi connectivity index (χ1v) is 12.0. The van der Waals surface area contributed by atoms with Gasteiger partial charge < -0.3 is 9.84 Å². The van der Waals surface area contributed by atoms with Gasteiger partial charge in [-0.2, -0.15) is 5.26 Å². The zero-order valence-corrected chi connectivity index (χ0v) is 19.5. The molecule has 1 atom stereocenters. The summed E-state index contributed by atoms with van der Waals surface area (Å²) in [4.78, 5) is 28.3. The molecule has 4 rings (SSSR count). The number of carbonyl (C=O) groups is 2. The van der Waals surface area contributed by atoms with E-state index >= 15 is 0 Å². The molecule has 7 heteroatoms. The highest BCUT2D eigenvalue weighted by molar-refractivity contribution is 7.10. The summed E-state index contributed by atoms with van der Waals surface area (Å²) >= 11 is 1.40. The molecule has 2 heterocycles. The van der Waals surface area contributed by atoms with E-state index in [0.29, 0.717) is 29.2 Å². The molecule has 1 unspecified atom stereocenters. The number of Topliss-reactive ketones (excluding diaryl/α,β-unsaturated/α-hetero) is 1. The Balaban J connectivity index is 1.71. The van der Waals surface area contributed by atoms with Gasteiger partial charge in [0.1, 0.15) is 17.6 Å². The lowest BCUT2D eigenvalue weighted by molar-refractivity contribution is -0.132. The van der Waals surface area contributed by atoms with Gasteiger partial charge in [0.2, 0.25) is 0 Å². The molecule has 1 aliphatic heterocycles. The summed E-state index contributed by atoms with van der Waals surface area (Å²) in [6, 6.07) is 18.3. The summed E-state index contributed by atoms with van der Waals surface area (Å²) in [5.74, 6) is -1.02. The van der Waals surface area contributed by atoms with Crippen molar-refractivity contribution in [2.75, 3.05) is 11.5 Å². The third-order valence-corrected chi connectivity index (χ3v) is 6.60. The fourth-order valence-corrected chi connectivity index (χ4v) is 4.74. The van der Waals surface area contributed by atoms with Crippen LogP contribution < -0.4 is 9.64 Å². The molecule has 0 saturated carbocycles. The van der Waals surface area contributed by atoms with Gasteiger partial charge in [-0.25, -0.2) is 0 Å². The van der Waals surface area contributed by atoms with Gasteiger partial charge in [-0.05, 0) is 66.4 Å². The van der Waals surface area contributed by atoms with E-state index in [0.717, 1.165) is 24.1 Å². The minimum atomic E-state index is -0.766. The van der Waals surface area contributed by atoms with Gasteiger partial charge in [0, 0.05) is 16.1 Å². The molecular weight excluding hydrogens is 448 g/mol. The quantitative estimate of drug-likeness (QED) is 0.193. The van der Waals surface area contributed by atoms with E-state index < -0.39 is 17.7 Å². The number of aliphatic hydroxyl groups excluding tert-OH is 1. The maximum Gasteiger partial charge on any atom is 0.300 e. The van der Waals surface area contributed by atoms with Crippen molar-refractivity contribution in [2.24, 2.45) is 0 Å². The highest BCUT2D eigenvalue weighted by Crippen LogP contribution is 2.43. The molecule has 1 saturated heterocycles. The zero-order valence-electron chi connectivity index (χ0n) is 18.7. The standard InChI is InChI=1S/C27H24N2O4S/c1-2-3-4-15-33-21-13-9-19(10-14-21)25(30)23-24(22-6-5-16-34-22)29(27(32)26(23)31)20-11-7-18(17-28)8-12-20/h5-14,16,24,30H,2-4,15H2,1H3/b25-23-. The van der Waals surface area contributed by atoms with Gasteiger partial charge in [0.15, 0.2) is 0 Å². The monoisotopic (exact) mass is 472 g/mol. The van der Waals surface area contributed by atoms with Crippen LogP contribution in [0, 0.1) is 11.3 Å². The Morgan fingerprint density at radius 2 is 1.82 bits per heavy atom. The van der Waals surface area contributed by atoms with Crippen LogP contribution in [-0.4, -0.2) is 23.4 Å². The fourth-order valence-electron chi connectivity index (χ4n) is 3.92. The highest BCUT2D eigenvalue weighted by Gasteiger charge is 2.47. The number of amides is 1. The number of anilines is 1. The van der Waals surface area contributed by atoms with E-state index in [-0.39, 0.29) is 11.3 Å². The smallest absolute Gasteiger partial charge is 0.300 e. The van der Waals surface area contributed by atoms with Crippen molar-refractivity contribution in [3.05, 3.63) is 87.6 Å². The molecule has 1 N–H and O–H groups in total. The van der Waals surface area contributed by atoms with Crippen LogP contribution in [0.25, 0.3) is 5.76 Å². The van der Waals surface area contributed by atoms with E-state index in [1.807, 2.05) is 23.6 Å². The molecule has 0 radical (unpaired) electrons. The van der Waals surface area contributed by atoms with Crippen LogP contribution in [0.2, 0.25) is 0 Å². The summed E-state index contributed by atoms with van der Waals surface area (Å²) < 4.78 is 5.73. The van der Waals surface area contributed by atoms with Crippen molar-refractivity contribution in [3.63, 3.8) is 0 Å². The molecule has 0 bridgehead atoms. The normalized spacial score (nSPS) is 17.1. The van der Waals surface area contributed by atoms with Gasteiger partial charge in [-0.1, -0.05) is 25.8 Å². The summed E-state index contributed by atoms with van der Waals surface area (Å²) in [5, 5.41) is 22.1. The number of hydrogen-bond donors (Lipinski definition) is 1. The molecule has 1 aromatic heterocycles. The van der Waals surface area contributed by atoms with E-state index in [2.05, 4.69) is 6.92 Å². The van der Waals surface area contributed by atoms with Crippen LogP contribution in [0.5, 0.6) is 5.75 Å². The second-order valence-electron chi connectivity index (χ2n) is 7.92. The predicted molar refractivity (Wildman–Crippen MR) is 132 cm³/mol. The lowest BCUT2D eigenvalue weighted by atomic mass is 9.99. The van der Waals surface area contributed by atoms with Crippen molar-refractivity contribution in [1.82, 2.24) is 0 Å². The van der Waals surface area contributed by atoms with Crippen LogP contribution in [0.1, 0.15) is 48.2 Å². The maximum atomic E-state index is 13.1. The van der Waals surface area contributed by atoms with Gasteiger partial charge in [-0.15, -0.1) is 11.3 Å². The lowest BCUT2D eigenvalue weighted by Crippen LogP contribution is -2.29. The third kappa shape index (κ3) is 4.59. The molecule has 2 aromatic carbocycles. The summed E-state index contributed by atoms with van der Waals surface area (Å²) in [7, 11) is 0. The van der Waals surface area contributed by atoms with Crippen molar-refractivity contribution >= 4 is 34.5 Å². The number of ether oxygens (including phenoxy) is 1. The van der Waals surface area contributed by atoms with Gasteiger partial charge >= 0.3 is 0 Å². The Morgan fingerprint density at radius 3 is 2.44 bits per heavy atom. The zero-order chi connectivity index (χ0) is 24.1. The second kappa shape index (κ2) is 10.4. The van der Waals surface area contributed by atoms with Gasteiger partial charge in [0.05, 0.1) is 23.8 Å². The number of nitrogens with zero attached hydrogens (tertiary/aromatic N) is 2. The average molecular weight is 473 g/mol. The Hall–Kier alpha value is -3.89. The molecule has 1 amide bonds. The number of carbonyl (C=O) groups excluding carboxylic acids is 2. The number of ketones is 1. The minimum absolute atomic E-state index is 0.0356. The lowest BCUT2D eigenvalue weighted by Gasteiger charge is -2.24. The first-order valence-electron chi connectivity index (χ1n) is 11.1. The van der Waals surface area contributed by atoms with E-state index in [4.69, 9.17) is 10.00 Å². The Morgan fingerprint density at radius 1 is 1.09 bits per heavy atom. The van der Waals surface area contributed by atoms with E-state index in [1.165, 1.54) is 16.2 Å². The minimum Gasteiger partial charge on any atom is -0.507 e. The van der Waals surface area contributed by atoms with Crippen LogP contribution in [0.3, 0.4) is 0 Å². The van der Waals surface area contributed by atoms with Gasteiger partial charge in [-0.3, -0.25) is 14.5 Å². The van der Waals surface area contributed by atoms with Crippen LogP contribution in [0.4, 0.5) is 5.69 Å². The average Bonchev–Trinajstić information content (AvgIpc) is 3.49. The number of aliphatic hydroxyl groups is 1. The summed E-state index contributed by atoms with van der Waals surface area (Å²) in [5.41, 5.74) is 1.40. The van der Waals surface area contributed by atoms with Crippen molar-refractivity contribution < 1.29 is 19.4 Å². The first-order chi connectivity index (χ1) is 16.5. The van der Waals surface area contributed by atoms with Crippen LogP contribution in [0.15, 0.2) is 71.6 Å². The van der Waals surface area contributed by atoms with Crippen molar-refractivity contribution in [3.8, 4) is 11.8 Å². The molecule has 0 aliphatic carbocycles. The number of unbranched alkanes of at least 4 members (excludes halogenated alkanes) is 2. The van der Waals surface area contributed by atoms with Crippen molar-refractivity contribution in [2.45, 2.75) is 32.2 Å². The SMILES string of the molecule is CCCCCOc1ccc(/C(O)=C2/C(=O)C(=O)N(c3ccc(C#N)cc3)C2c2cccs2)cc1. The van der Waals surface area contributed by atoms with Crippen LogP contribution in [-0.2, 0) is 9.59 Å². The molecular formula is C27H24N2O4S. The van der Waals surface area contributed by atoms with E-state index in [9.17, 15) is 14.7 Å². The number of hydrogen-bond acceptors (Lipinski definition) is 6. The topological polar surface area (TPSA) is 90.6 Å². The van der Waals surface area contributed by atoms with Crippen molar-refractivity contribution in [1.29, 1.82) is 5.26 Å². The summed E-state index contributed by atoms with van der Waals surface area (Å²) in [6.45, 7) is 2.75. The Labute approximate surface area is 202 Å².